The van der Waals surface area contributed by atoms with Gasteiger partial charge in [0, 0.05) is 26.6 Å². The first-order valence-corrected chi connectivity index (χ1v) is 15.0. The zero-order valence-electron chi connectivity index (χ0n) is 24.9. The number of hydrogen-bond donors (Lipinski definition) is 1. The molecule has 0 amide bonds. The molecule has 11 unspecified atom stereocenters. The smallest absolute Gasteiger partial charge is 0.200 e. The summed E-state index contributed by atoms with van der Waals surface area (Å²) in [7, 11) is 3.56. The topological polar surface area (TPSA) is 60.5 Å². The van der Waals surface area contributed by atoms with E-state index in [0.717, 1.165) is 25.7 Å². The molecule has 0 radical (unpaired) electrons. The van der Waals surface area contributed by atoms with Gasteiger partial charge in [0.2, 0.25) is 5.79 Å². The lowest BCUT2D eigenvalue weighted by molar-refractivity contribution is -0.268. The highest BCUT2D eigenvalue weighted by Crippen LogP contribution is 2.74. The number of allylic oxidation sites excluding steroid dienone is 2. The summed E-state index contributed by atoms with van der Waals surface area (Å²) in [4.78, 5) is 0. The van der Waals surface area contributed by atoms with E-state index in [1.807, 2.05) is 0 Å². The van der Waals surface area contributed by atoms with Crippen molar-refractivity contribution in [2.24, 2.45) is 45.3 Å². The maximum Gasteiger partial charge on any atom is 0.200 e. The number of epoxide rings is 1. The lowest BCUT2D eigenvalue weighted by atomic mass is 9.41. The molecule has 4 aliphatic carbocycles. The molecule has 0 aromatic rings. The van der Waals surface area contributed by atoms with Crippen molar-refractivity contribution >= 4 is 0 Å². The summed E-state index contributed by atoms with van der Waals surface area (Å²) in [5, 5.41) is 10.9. The summed E-state index contributed by atoms with van der Waals surface area (Å²) >= 11 is 0. The van der Waals surface area contributed by atoms with Crippen LogP contribution < -0.4 is 0 Å². The second kappa shape index (κ2) is 8.06. The Morgan fingerprint density at radius 1 is 0.919 bits per heavy atom. The van der Waals surface area contributed by atoms with Crippen LogP contribution in [0.5, 0.6) is 0 Å². The van der Waals surface area contributed by atoms with Crippen molar-refractivity contribution in [2.45, 2.75) is 130 Å². The Kier molecular flexibility index (Phi) is 5.82. The Labute approximate surface area is 225 Å². The lowest BCUT2D eigenvalue weighted by Gasteiger charge is -2.64. The molecular formula is C32H52O5. The van der Waals surface area contributed by atoms with Gasteiger partial charge in [-0.3, -0.25) is 0 Å². The summed E-state index contributed by atoms with van der Waals surface area (Å²) in [5.41, 5.74) is 2.19. The van der Waals surface area contributed by atoms with Gasteiger partial charge in [0.1, 0.15) is 6.10 Å². The van der Waals surface area contributed by atoms with Gasteiger partial charge in [0.25, 0.3) is 0 Å². The number of hydrogen-bond acceptors (Lipinski definition) is 5. The van der Waals surface area contributed by atoms with Crippen molar-refractivity contribution in [3.05, 3.63) is 11.6 Å². The molecule has 5 nitrogen and oxygen atoms in total. The van der Waals surface area contributed by atoms with E-state index in [1.54, 1.807) is 19.8 Å². The summed E-state index contributed by atoms with van der Waals surface area (Å²) in [6.07, 6.45) is 11.1. The van der Waals surface area contributed by atoms with Gasteiger partial charge in [-0.25, -0.2) is 0 Å². The molecule has 0 bridgehead atoms. The number of ether oxygens (including phenoxy) is 4. The standard InChI is InChI=1S/C32H52O5/c1-27(2)23-11-10-22-21(29(23,5)15-14-24(27)33)13-17-30(6)20(12-16-31(22,30)7)19-18-32(35-9,36-25(19)34-8)26-28(3,4)37-26/h10,19-21,23-26,33H,11-18H2,1-9H3. The van der Waals surface area contributed by atoms with Crippen molar-refractivity contribution in [1.82, 2.24) is 0 Å². The molecule has 2 aliphatic heterocycles. The number of aliphatic hydroxyl groups excluding tert-OH is 1. The minimum atomic E-state index is -0.722. The van der Waals surface area contributed by atoms with Gasteiger partial charge < -0.3 is 24.1 Å². The molecule has 3 saturated carbocycles. The van der Waals surface area contributed by atoms with E-state index in [0.29, 0.717) is 23.7 Å². The SMILES string of the molecule is COC1OC(OC)(C2OC2(C)C)CC1C1CCC2(C)C3=CCC4C(C)(C)C(O)CCC4(C)C3CCC12C. The van der Waals surface area contributed by atoms with Crippen LogP contribution >= 0.6 is 0 Å². The number of aliphatic hydroxyl groups is 1. The Bertz CT molecular complexity index is 972. The fraction of sp³-hybridized carbons (Fsp3) is 0.938. The Morgan fingerprint density at radius 2 is 1.62 bits per heavy atom. The van der Waals surface area contributed by atoms with Crippen LogP contribution in [0.4, 0.5) is 0 Å². The van der Waals surface area contributed by atoms with Crippen molar-refractivity contribution in [2.75, 3.05) is 14.2 Å². The normalized spacial score (nSPS) is 55.7. The average molecular weight is 517 g/mol. The van der Waals surface area contributed by atoms with Crippen LogP contribution in [0.25, 0.3) is 0 Å². The maximum absolute atomic E-state index is 10.9. The van der Waals surface area contributed by atoms with E-state index >= 15 is 0 Å². The largest absolute Gasteiger partial charge is 0.393 e. The minimum absolute atomic E-state index is 0.0239. The molecule has 210 valence electrons. The second-order valence-corrected chi connectivity index (χ2v) is 15.5. The highest BCUT2D eigenvalue weighted by Gasteiger charge is 2.71. The van der Waals surface area contributed by atoms with Crippen molar-refractivity contribution in [3.8, 4) is 0 Å². The van der Waals surface area contributed by atoms with Gasteiger partial charge in [0.15, 0.2) is 6.29 Å². The third kappa shape index (κ3) is 3.33. The number of methoxy groups -OCH3 is 2. The second-order valence-electron chi connectivity index (χ2n) is 15.5. The van der Waals surface area contributed by atoms with Crippen LogP contribution in [0.2, 0.25) is 0 Å². The molecule has 5 fully saturated rings. The van der Waals surface area contributed by atoms with E-state index < -0.39 is 5.79 Å². The highest BCUT2D eigenvalue weighted by atomic mass is 16.8. The van der Waals surface area contributed by atoms with Crippen LogP contribution in [-0.2, 0) is 18.9 Å². The monoisotopic (exact) mass is 516 g/mol. The zero-order valence-corrected chi connectivity index (χ0v) is 24.9. The molecule has 5 heteroatoms. The first kappa shape index (κ1) is 26.7. The molecule has 37 heavy (non-hydrogen) atoms. The average Bonchev–Trinajstić information content (AvgIpc) is 3.20. The van der Waals surface area contributed by atoms with Crippen molar-refractivity contribution < 1.29 is 24.1 Å². The van der Waals surface area contributed by atoms with Crippen LogP contribution in [0.3, 0.4) is 0 Å². The quantitative estimate of drug-likeness (QED) is 0.342. The molecule has 11 atom stereocenters. The van der Waals surface area contributed by atoms with Crippen LogP contribution in [0, 0.1) is 45.3 Å². The predicted molar refractivity (Wildman–Crippen MR) is 144 cm³/mol. The third-order valence-electron chi connectivity index (χ3n) is 13.6. The van der Waals surface area contributed by atoms with Crippen molar-refractivity contribution in [1.29, 1.82) is 0 Å². The van der Waals surface area contributed by atoms with Crippen molar-refractivity contribution in [3.63, 3.8) is 0 Å². The van der Waals surface area contributed by atoms with Gasteiger partial charge in [-0.05, 0) is 98.2 Å². The lowest BCUT2D eigenvalue weighted by Crippen LogP contribution is -2.58. The molecule has 6 rings (SSSR count). The Balaban J connectivity index is 1.32. The van der Waals surface area contributed by atoms with E-state index in [2.05, 4.69) is 54.5 Å². The molecule has 6 aliphatic rings. The maximum atomic E-state index is 10.9. The van der Waals surface area contributed by atoms with E-state index in [1.165, 1.54) is 25.7 Å². The van der Waals surface area contributed by atoms with E-state index in [-0.39, 0.29) is 45.8 Å². The molecule has 0 aromatic heterocycles. The van der Waals surface area contributed by atoms with Gasteiger partial charge in [-0.2, -0.15) is 0 Å². The summed E-state index contributed by atoms with van der Waals surface area (Å²) in [5.74, 6) is 1.28. The molecule has 0 spiro atoms. The summed E-state index contributed by atoms with van der Waals surface area (Å²) in [6, 6.07) is 0. The first-order valence-electron chi connectivity index (χ1n) is 15.0. The number of rotatable bonds is 4. The van der Waals surface area contributed by atoms with E-state index in [9.17, 15) is 5.11 Å². The molecule has 2 heterocycles. The Hall–Kier alpha value is -0.460. The predicted octanol–water partition coefficient (Wildman–Crippen LogP) is 6.48. The van der Waals surface area contributed by atoms with E-state index in [4.69, 9.17) is 18.9 Å². The van der Waals surface area contributed by atoms with Crippen LogP contribution in [0.15, 0.2) is 11.6 Å². The number of fused-ring (bicyclic) bond motifs is 5. The first-order chi connectivity index (χ1) is 17.2. The van der Waals surface area contributed by atoms with Crippen LogP contribution in [-0.4, -0.2) is 49.2 Å². The molecule has 0 aromatic carbocycles. The van der Waals surface area contributed by atoms with Gasteiger partial charge in [-0.1, -0.05) is 46.3 Å². The fourth-order valence-corrected chi connectivity index (χ4v) is 11.0. The third-order valence-corrected chi connectivity index (χ3v) is 13.6. The molecular weight excluding hydrogens is 464 g/mol. The van der Waals surface area contributed by atoms with Gasteiger partial charge in [-0.15, -0.1) is 0 Å². The zero-order chi connectivity index (χ0) is 26.8. The highest BCUT2D eigenvalue weighted by molar-refractivity contribution is 5.33. The van der Waals surface area contributed by atoms with Gasteiger partial charge >= 0.3 is 0 Å². The Morgan fingerprint density at radius 3 is 2.24 bits per heavy atom. The molecule has 2 saturated heterocycles. The fourth-order valence-electron chi connectivity index (χ4n) is 11.0. The summed E-state index contributed by atoms with van der Waals surface area (Å²) < 4.78 is 24.8. The van der Waals surface area contributed by atoms with Crippen LogP contribution in [0.1, 0.15) is 99.8 Å². The molecule has 1 N–H and O–H groups in total. The van der Waals surface area contributed by atoms with Gasteiger partial charge in [0.05, 0.1) is 11.7 Å². The minimum Gasteiger partial charge on any atom is -0.393 e. The summed E-state index contributed by atoms with van der Waals surface area (Å²) in [6.45, 7) is 16.6.